The molecule has 11 nitrogen and oxygen atoms in total. The zero-order valence-electron chi connectivity index (χ0n) is 20.2. The minimum absolute atomic E-state index is 0.00864. The molecule has 3 N–H and O–H groups in total. The predicted octanol–water partition coefficient (Wildman–Crippen LogP) is 2.10. The van der Waals surface area contributed by atoms with Gasteiger partial charge in [0, 0.05) is 25.4 Å². The van der Waals surface area contributed by atoms with Crippen LogP contribution in [0.4, 0.5) is 24.9 Å². The molecule has 4 aromatic heterocycles. The molecule has 5 rings (SSSR count). The van der Waals surface area contributed by atoms with Crippen molar-refractivity contribution in [3.63, 3.8) is 0 Å². The lowest BCUT2D eigenvalue weighted by Crippen LogP contribution is -2.56. The number of nitrogens with one attached hydrogen (secondary N) is 2. The van der Waals surface area contributed by atoms with Crippen LogP contribution in [-0.2, 0) is 11.3 Å². The number of carbonyl (C=O) groups excluding carboxylic acids is 1. The minimum Gasteiger partial charge on any atom is -0.387 e. The largest absolute Gasteiger partial charge is 0.387 e. The number of anilines is 2. The molecule has 0 aromatic carbocycles. The zero-order valence-corrected chi connectivity index (χ0v) is 20.2. The van der Waals surface area contributed by atoms with E-state index in [4.69, 9.17) is 10.1 Å². The van der Waals surface area contributed by atoms with E-state index in [-0.39, 0.29) is 25.5 Å². The lowest BCUT2D eigenvalue weighted by molar-refractivity contribution is -0.145. The van der Waals surface area contributed by atoms with Gasteiger partial charge in [-0.1, -0.05) is 0 Å². The second kappa shape index (κ2) is 9.50. The minimum atomic E-state index is -3.25. The summed E-state index contributed by atoms with van der Waals surface area (Å²) in [6, 6.07) is 4.11. The van der Waals surface area contributed by atoms with Crippen LogP contribution in [0.5, 0.6) is 0 Å². The van der Waals surface area contributed by atoms with E-state index >= 15 is 0 Å². The van der Waals surface area contributed by atoms with E-state index in [0.29, 0.717) is 39.6 Å². The van der Waals surface area contributed by atoms with E-state index < -0.39 is 37.7 Å². The highest BCUT2D eigenvalue weighted by Crippen LogP contribution is 2.32. The SMILES string of the molecule is CNc1nc(N[C@@H]2CCN(C(=O)CO)CC2(F)F)nn2ccc(-c3ccc4nc(C)n(CCF)c4n3)c12. The van der Waals surface area contributed by atoms with Crippen LogP contribution >= 0.6 is 0 Å². The predicted molar refractivity (Wildman–Crippen MR) is 130 cm³/mol. The molecular weight excluding hydrogens is 491 g/mol. The Labute approximate surface area is 209 Å². The number of halogens is 3. The van der Waals surface area contributed by atoms with Crippen molar-refractivity contribution in [1.29, 1.82) is 0 Å². The van der Waals surface area contributed by atoms with Gasteiger partial charge in [0.05, 0.1) is 24.8 Å². The highest BCUT2D eigenvalue weighted by atomic mass is 19.3. The number of aromatic nitrogens is 6. The van der Waals surface area contributed by atoms with Crippen LogP contribution in [-0.4, -0.2) is 90.4 Å². The molecule has 5 heterocycles. The first kappa shape index (κ1) is 24.7. The quantitative estimate of drug-likeness (QED) is 0.340. The Morgan fingerprint density at radius 3 is 2.76 bits per heavy atom. The Hall–Kier alpha value is -3.94. The number of likely N-dealkylation sites (tertiary alicyclic amines) is 1. The third-order valence-corrected chi connectivity index (χ3v) is 6.51. The smallest absolute Gasteiger partial charge is 0.285 e. The number of aliphatic hydroxyl groups is 1. The number of piperidine rings is 1. The fourth-order valence-corrected chi connectivity index (χ4v) is 4.67. The average molecular weight is 518 g/mol. The van der Waals surface area contributed by atoms with Crippen LogP contribution in [0.25, 0.3) is 27.9 Å². The number of aryl methyl sites for hydroxylation is 2. The maximum Gasteiger partial charge on any atom is 0.285 e. The molecule has 1 aliphatic rings. The summed E-state index contributed by atoms with van der Waals surface area (Å²) in [5, 5.41) is 19.1. The number of hydrogen-bond acceptors (Lipinski definition) is 8. The molecule has 1 fully saturated rings. The monoisotopic (exact) mass is 517 g/mol. The third-order valence-electron chi connectivity index (χ3n) is 6.51. The Kier molecular flexibility index (Phi) is 6.35. The fourth-order valence-electron chi connectivity index (χ4n) is 4.67. The molecule has 0 radical (unpaired) electrons. The number of rotatable bonds is 7. The van der Waals surface area contributed by atoms with Gasteiger partial charge in [-0.15, -0.1) is 5.10 Å². The second-order valence-electron chi connectivity index (χ2n) is 8.82. The van der Waals surface area contributed by atoms with Crippen LogP contribution in [0.2, 0.25) is 0 Å². The lowest BCUT2D eigenvalue weighted by Gasteiger charge is -2.38. The standard InChI is InChI=1S/C23H26F3N9O2/c1-13-28-16-4-3-15(29-21(16)34(13)10-7-24)14-5-9-35-19(14)20(27-2)31-22(32-35)30-17-6-8-33(18(37)11-36)12-23(17,25)26/h3-5,9,17,36H,6-8,10-12H2,1-2H3,(H2,27,30,31,32)/t17-/m1/s1. The van der Waals surface area contributed by atoms with Crippen molar-refractivity contribution in [2.24, 2.45) is 0 Å². The highest BCUT2D eigenvalue weighted by molar-refractivity contribution is 5.89. The molecule has 1 atom stereocenters. The van der Waals surface area contributed by atoms with E-state index in [9.17, 15) is 18.0 Å². The topological polar surface area (TPSA) is 126 Å². The van der Waals surface area contributed by atoms with Crippen molar-refractivity contribution in [3.8, 4) is 11.3 Å². The molecule has 14 heteroatoms. The van der Waals surface area contributed by atoms with Gasteiger partial charge in [-0.3, -0.25) is 4.79 Å². The van der Waals surface area contributed by atoms with Crippen LogP contribution in [0, 0.1) is 6.92 Å². The summed E-state index contributed by atoms with van der Waals surface area (Å²) in [4.78, 5) is 26.2. The molecule has 196 valence electrons. The number of nitrogens with zero attached hydrogens (tertiary/aromatic N) is 7. The van der Waals surface area contributed by atoms with E-state index in [0.717, 1.165) is 4.90 Å². The third kappa shape index (κ3) is 4.41. The van der Waals surface area contributed by atoms with Crippen molar-refractivity contribution >= 4 is 34.4 Å². The number of imidazole rings is 1. The first-order valence-electron chi connectivity index (χ1n) is 11.8. The number of alkyl halides is 3. The van der Waals surface area contributed by atoms with Gasteiger partial charge in [0.15, 0.2) is 11.5 Å². The summed E-state index contributed by atoms with van der Waals surface area (Å²) in [5.74, 6) is -2.93. The summed E-state index contributed by atoms with van der Waals surface area (Å²) in [6.45, 7) is -0.137. The van der Waals surface area contributed by atoms with Gasteiger partial charge in [0.25, 0.3) is 5.92 Å². The Morgan fingerprint density at radius 2 is 2.05 bits per heavy atom. The molecule has 1 aliphatic heterocycles. The molecule has 1 saturated heterocycles. The molecule has 0 unspecified atom stereocenters. The van der Waals surface area contributed by atoms with Gasteiger partial charge >= 0.3 is 0 Å². The molecule has 0 bridgehead atoms. The molecule has 0 aliphatic carbocycles. The van der Waals surface area contributed by atoms with Gasteiger partial charge in [-0.2, -0.15) is 4.98 Å². The molecule has 0 saturated carbocycles. The van der Waals surface area contributed by atoms with E-state index in [1.165, 1.54) is 4.52 Å². The first-order chi connectivity index (χ1) is 17.7. The summed E-state index contributed by atoms with van der Waals surface area (Å²) >= 11 is 0. The van der Waals surface area contributed by atoms with Gasteiger partial charge in [-0.05, 0) is 31.5 Å². The summed E-state index contributed by atoms with van der Waals surface area (Å²) < 4.78 is 45.9. The maximum absolute atomic E-state index is 14.8. The normalized spacial score (nSPS) is 17.5. The number of carbonyl (C=O) groups is 1. The van der Waals surface area contributed by atoms with Gasteiger partial charge in [-0.25, -0.2) is 27.7 Å². The zero-order chi connectivity index (χ0) is 26.3. The highest BCUT2D eigenvalue weighted by Gasteiger charge is 2.46. The molecular formula is C23H26F3N9O2. The second-order valence-corrected chi connectivity index (χ2v) is 8.82. The van der Waals surface area contributed by atoms with Crippen LogP contribution in [0.15, 0.2) is 24.4 Å². The molecule has 4 aromatic rings. The molecule has 0 spiro atoms. The van der Waals surface area contributed by atoms with Crippen LogP contribution in [0.3, 0.4) is 0 Å². The Balaban J connectivity index is 1.48. The van der Waals surface area contributed by atoms with Crippen molar-refractivity contribution in [3.05, 3.63) is 30.2 Å². The average Bonchev–Trinajstić information content (AvgIpc) is 3.44. The van der Waals surface area contributed by atoms with E-state index in [1.54, 1.807) is 36.9 Å². The van der Waals surface area contributed by atoms with E-state index in [2.05, 4.69) is 25.7 Å². The Morgan fingerprint density at radius 1 is 1.24 bits per heavy atom. The maximum atomic E-state index is 14.8. The first-order valence-corrected chi connectivity index (χ1v) is 11.8. The number of aliphatic hydroxyl groups excluding tert-OH is 1. The van der Waals surface area contributed by atoms with Gasteiger partial charge < -0.3 is 25.2 Å². The summed E-state index contributed by atoms with van der Waals surface area (Å²) in [7, 11) is 1.66. The van der Waals surface area contributed by atoms with Crippen LogP contribution < -0.4 is 10.6 Å². The molecule has 37 heavy (non-hydrogen) atoms. The van der Waals surface area contributed by atoms with Crippen molar-refractivity contribution in [2.45, 2.75) is 31.9 Å². The van der Waals surface area contributed by atoms with Gasteiger partial charge in [0.2, 0.25) is 11.9 Å². The lowest BCUT2D eigenvalue weighted by atomic mass is 10.0. The molecule has 1 amide bonds. The number of pyridine rings is 1. The van der Waals surface area contributed by atoms with Crippen molar-refractivity contribution < 1.29 is 23.1 Å². The number of amides is 1. The Bertz CT molecular complexity index is 1470. The van der Waals surface area contributed by atoms with Crippen LogP contribution in [0.1, 0.15) is 12.2 Å². The van der Waals surface area contributed by atoms with Gasteiger partial charge in [0.1, 0.15) is 30.1 Å². The number of fused-ring (bicyclic) bond motifs is 2. The summed E-state index contributed by atoms with van der Waals surface area (Å²) in [6.07, 6.45) is 1.64. The number of hydrogen-bond donors (Lipinski definition) is 3. The van der Waals surface area contributed by atoms with Crippen molar-refractivity contribution in [2.75, 3.05) is 44.1 Å². The summed E-state index contributed by atoms with van der Waals surface area (Å²) in [5.41, 5.74) is 3.10. The van der Waals surface area contributed by atoms with E-state index in [1.807, 2.05) is 6.07 Å². The van der Waals surface area contributed by atoms with Crippen molar-refractivity contribution in [1.82, 2.24) is 34.0 Å². The fraction of sp³-hybridized carbons (Fsp3) is 0.435.